The van der Waals surface area contributed by atoms with Crippen LogP contribution >= 0.6 is 0 Å². The van der Waals surface area contributed by atoms with Gasteiger partial charge in [-0.25, -0.2) is 5.10 Å². The van der Waals surface area contributed by atoms with Crippen LogP contribution in [0, 0.1) is 6.92 Å². The van der Waals surface area contributed by atoms with E-state index >= 15 is 0 Å². The fourth-order valence-corrected chi connectivity index (χ4v) is 3.07. The van der Waals surface area contributed by atoms with Gasteiger partial charge in [-0.15, -0.1) is 0 Å². The van der Waals surface area contributed by atoms with E-state index in [9.17, 15) is 4.79 Å². The normalized spacial score (nSPS) is 11.1. The maximum atomic E-state index is 12.3. The van der Waals surface area contributed by atoms with Crippen molar-refractivity contribution in [2.45, 2.75) is 19.9 Å². The number of benzene rings is 2. The summed E-state index contributed by atoms with van der Waals surface area (Å²) in [6, 6.07) is 20.2. The second kappa shape index (κ2) is 6.36. The van der Waals surface area contributed by atoms with E-state index in [1.54, 1.807) is 0 Å². The minimum atomic E-state index is -0.191. The summed E-state index contributed by atoms with van der Waals surface area (Å²) < 4.78 is 1.88. The van der Waals surface area contributed by atoms with Crippen molar-refractivity contribution in [3.8, 4) is 0 Å². The fourth-order valence-electron chi connectivity index (χ4n) is 3.07. The Balaban J connectivity index is 1.80. The van der Waals surface area contributed by atoms with Crippen LogP contribution in [0.2, 0.25) is 0 Å². The number of fused-ring (bicyclic) bond motifs is 1. The van der Waals surface area contributed by atoms with Crippen LogP contribution in [0.1, 0.15) is 22.5 Å². The van der Waals surface area contributed by atoms with Crippen LogP contribution in [-0.4, -0.2) is 20.0 Å². The molecule has 0 atom stereocenters. The van der Waals surface area contributed by atoms with Crippen molar-refractivity contribution in [2.75, 3.05) is 0 Å². The number of nitrogens with zero attached hydrogens (tertiary/aromatic N) is 3. The van der Waals surface area contributed by atoms with Crippen molar-refractivity contribution in [3.63, 3.8) is 0 Å². The number of hydrogen-bond donors (Lipinski definition) is 1. The summed E-state index contributed by atoms with van der Waals surface area (Å²) in [7, 11) is 0. The van der Waals surface area contributed by atoms with Gasteiger partial charge in [-0.05, 0) is 18.1 Å². The highest BCUT2D eigenvalue weighted by Crippen LogP contribution is 2.19. The molecule has 2 heterocycles. The molecule has 5 nitrogen and oxygen atoms in total. The van der Waals surface area contributed by atoms with Crippen LogP contribution in [0.3, 0.4) is 0 Å². The topological polar surface area (TPSA) is 63.6 Å². The standard InChI is InChI=1S/C20H18N4O/c1-14-18-19(23-24(14)13-16-10-6-3-7-11-16)17(21-22-20(18)25)12-15-8-4-2-5-9-15/h2-11H,12-13H2,1H3,(H,22,25). The molecule has 25 heavy (non-hydrogen) atoms. The second-order valence-corrected chi connectivity index (χ2v) is 6.11. The van der Waals surface area contributed by atoms with Crippen LogP contribution in [-0.2, 0) is 13.0 Å². The van der Waals surface area contributed by atoms with Gasteiger partial charge in [-0.2, -0.15) is 10.2 Å². The minimum Gasteiger partial charge on any atom is -0.267 e. The third kappa shape index (κ3) is 2.96. The molecule has 4 rings (SSSR count). The minimum absolute atomic E-state index is 0.191. The third-order valence-corrected chi connectivity index (χ3v) is 4.39. The number of hydrogen-bond acceptors (Lipinski definition) is 3. The number of rotatable bonds is 4. The summed E-state index contributed by atoms with van der Waals surface area (Å²) in [4.78, 5) is 12.3. The third-order valence-electron chi connectivity index (χ3n) is 4.39. The monoisotopic (exact) mass is 330 g/mol. The van der Waals surface area contributed by atoms with Gasteiger partial charge in [-0.3, -0.25) is 9.48 Å². The molecule has 0 aliphatic carbocycles. The van der Waals surface area contributed by atoms with Gasteiger partial charge in [0.15, 0.2) is 0 Å². The average Bonchev–Trinajstić information content (AvgIpc) is 2.97. The zero-order valence-electron chi connectivity index (χ0n) is 13.9. The summed E-state index contributed by atoms with van der Waals surface area (Å²) in [5.74, 6) is 0. The first-order valence-corrected chi connectivity index (χ1v) is 8.25. The van der Waals surface area contributed by atoms with E-state index in [1.807, 2.05) is 60.1 Å². The molecule has 0 spiro atoms. The average molecular weight is 330 g/mol. The predicted molar refractivity (Wildman–Crippen MR) is 97.7 cm³/mol. The van der Waals surface area contributed by atoms with E-state index in [4.69, 9.17) is 5.10 Å². The molecule has 0 saturated heterocycles. The molecule has 124 valence electrons. The van der Waals surface area contributed by atoms with E-state index < -0.39 is 0 Å². The van der Waals surface area contributed by atoms with Gasteiger partial charge >= 0.3 is 0 Å². The molecule has 0 unspecified atom stereocenters. The summed E-state index contributed by atoms with van der Waals surface area (Å²) in [5, 5.41) is 12.2. The Labute approximate surface area is 144 Å². The summed E-state index contributed by atoms with van der Waals surface area (Å²) in [6.07, 6.45) is 0.635. The number of aromatic nitrogens is 4. The Morgan fingerprint density at radius 1 is 0.960 bits per heavy atom. The number of aryl methyl sites for hydroxylation is 1. The van der Waals surface area contributed by atoms with Gasteiger partial charge < -0.3 is 0 Å². The molecule has 0 aliphatic heterocycles. The zero-order valence-corrected chi connectivity index (χ0v) is 13.9. The zero-order chi connectivity index (χ0) is 17.2. The van der Waals surface area contributed by atoms with Crippen LogP contribution in [0.25, 0.3) is 10.9 Å². The number of aromatic amines is 1. The van der Waals surface area contributed by atoms with E-state index in [2.05, 4.69) is 22.3 Å². The smallest absolute Gasteiger partial charge is 0.267 e. The highest BCUT2D eigenvalue weighted by molar-refractivity contribution is 5.82. The van der Waals surface area contributed by atoms with E-state index in [0.29, 0.717) is 23.9 Å². The predicted octanol–water partition coefficient (Wildman–Crippen LogP) is 3.07. The molecular weight excluding hydrogens is 312 g/mol. The van der Waals surface area contributed by atoms with Gasteiger partial charge in [0, 0.05) is 12.1 Å². The first-order valence-electron chi connectivity index (χ1n) is 8.25. The van der Waals surface area contributed by atoms with Gasteiger partial charge in [0.05, 0.1) is 17.6 Å². The van der Waals surface area contributed by atoms with Crippen LogP contribution in [0.5, 0.6) is 0 Å². The van der Waals surface area contributed by atoms with Crippen molar-refractivity contribution < 1.29 is 0 Å². The van der Waals surface area contributed by atoms with E-state index in [0.717, 1.165) is 22.5 Å². The molecule has 0 bridgehead atoms. The molecular formula is C20H18N4O. The van der Waals surface area contributed by atoms with Crippen molar-refractivity contribution in [2.24, 2.45) is 0 Å². The van der Waals surface area contributed by atoms with E-state index in [1.165, 1.54) is 0 Å². The van der Waals surface area contributed by atoms with Crippen molar-refractivity contribution in [1.82, 2.24) is 20.0 Å². The number of nitrogens with one attached hydrogen (secondary N) is 1. The Bertz CT molecular complexity index is 1070. The highest BCUT2D eigenvalue weighted by atomic mass is 16.1. The molecule has 0 aliphatic rings. The lowest BCUT2D eigenvalue weighted by atomic mass is 10.1. The Morgan fingerprint density at radius 2 is 1.60 bits per heavy atom. The van der Waals surface area contributed by atoms with Crippen molar-refractivity contribution in [1.29, 1.82) is 0 Å². The number of H-pyrrole nitrogens is 1. The van der Waals surface area contributed by atoms with E-state index in [-0.39, 0.29) is 5.56 Å². The lowest BCUT2D eigenvalue weighted by molar-refractivity contribution is 0.672. The van der Waals surface area contributed by atoms with Crippen molar-refractivity contribution >= 4 is 10.9 Å². The molecule has 0 saturated carbocycles. The molecule has 0 fully saturated rings. The lowest BCUT2D eigenvalue weighted by Gasteiger charge is -2.03. The quantitative estimate of drug-likeness (QED) is 0.625. The molecule has 4 aromatic rings. The maximum Gasteiger partial charge on any atom is 0.275 e. The van der Waals surface area contributed by atoms with Gasteiger partial charge in [0.25, 0.3) is 5.56 Å². The van der Waals surface area contributed by atoms with Crippen LogP contribution in [0.4, 0.5) is 0 Å². The summed E-state index contributed by atoms with van der Waals surface area (Å²) in [5.41, 5.74) is 4.42. The van der Waals surface area contributed by atoms with Gasteiger partial charge in [-0.1, -0.05) is 60.7 Å². The summed E-state index contributed by atoms with van der Waals surface area (Å²) >= 11 is 0. The summed E-state index contributed by atoms with van der Waals surface area (Å²) in [6.45, 7) is 2.56. The largest absolute Gasteiger partial charge is 0.275 e. The van der Waals surface area contributed by atoms with Crippen LogP contribution in [0.15, 0.2) is 65.5 Å². The van der Waals surface area contributed by atoms with Crippen LogP contribution < -0.4 is 5.56 Å². The second-order valence-electron chi connectivity index (χ2n) is 6.11. The maximum absolute atomic E-state index is 12.3. The Hall–Kier alpha value is -3.21. The molecule has 2 aromatic heterocycles. The van der Waals surface area contributed by atoms with Gasteiger partial charge in [0.1, 0.15) is 5.52 Å². The van der Waals surface area contributed by atoms with Crippen molar-refractivity contribution in [3.05, 3.63) is 93.5 Å². The molecule has 0 amide bonds. The molecule has 0 radical (unpaired) electrons. The lowest BCUT2D eigenvalue weighted by Crippen LogP contribution is -2.11. The highest BCUT2D eigenvalue weighted by Gasteiger charge is 2.16. The molecule has 1 N–H and O–H groups in total. The first-order chi connectivity index (χ1) is 12.2. The van der Waals surface area contributed by atoms with Gasteiger partial charge in [0.2, 0.25) is 0 Å². The fraction of sp³-hybridized carbons (Fsp3) is 0.150. The Morgan fingerprint density at radius 3 is 2.28 bits per heavy atom. The Kier molecular flexibility index (Phi) is 3.90. The first kappa shape index (κ1) is 15.3. The SMILES string of the molecule is Cc1c2c(=O)[nH]nc(Cc3ccccc3)c2nn1Cc1ccccc1. The molecule has 5 heteroatoms. The molecule has 2 aromatic carbocycles.